The predicted molar refractivity (Wildman–Crippen MR) is 75.0 cm³/mol. The van der Waals surface area contributed by atoms with Crippen molar-refractivity contribution < 1.29 is 4.84 Å². The molecule has 0 unspecified atom stereocenters. The van der Waals surface area contributed by atoms with Crippen molar-refractivity contribution in [1.29, 1.82) is 0 Å². The lowest BCUT2D eigenvalue weighted by molar-refractivity contribution is 0.0285. The monoisotopic (exact) mass is 241 g/mol. The van der Waals surface area contributed by atoms with Crippen molar-refractivity contribution in [2.24, 2.45) is 0 Å². The van der Waals surface area contributed by atoms with Crippen LogP contribution in [0.2, 0.25) is 0 Å². The molecule has 0 aliphatic rings. The van der Waals surface area contributed by atoms with Crippen LogP contribution in [0, 0.1) is 0 Å². The summed E-state index contributed by atoms with van der Waals surface area (Å²) >= 11 is 0. The topological polar surface area (TPSA) is 21.3 Å². The average Bonchev–Trinajstić information content (AvgIpc) is 2.45. The van der Waals surface area contributed by atoms with E-state index < -0.39 is 0 Å². The lowest BCUT2D eigenvalue weighted by Crippen LogP contribution is -2.15. The van der Waals surface area contributed by atoms with E-state index in [4.69, 9.17) is 4.84 Å². The Kier molecular flexibility index (Phi) is 4.94. The SMILES string of the molecule is CCCNOCc1ccccc1-c1ccccc1. The van der Waals surface area contributed by atoms with E-state index in [1.165, 1.54) is 16.7 Å². The third-order valence-corrected chi connectivity index (χ3v) is 2.78. The first kappa shape index (κ1) is 12.8. The number of hydroxylamine groups is 1. The average molecular weight is 241 g/mol. The lowest BCUT2D eigenvalue weighted by atomic mass is 10.0. The van der Waals surface area contributed by atoms with Crippen LogP contribution >= 0.6 is 0 Å². The molecule has 0 aliphatic heterocycles. The van der Waals surface area contributed by atoms with E-state index in [2.05, 4.69) is 54.9 Å². The molecular formula is C16H19NO. The maximum absolute atomic E-state index is 5.47. The molecule has 0 saturated heterocycles. The van der Waals surface area contributed by atoms with Crippen LogP contribution in [-0.2, 0) is 11.4 Å². The number of rotatable bonds is 6. The molecule has 0 radical (unpaired) electrons. The number of hydrogen-bond acceptors (Lipinski definition) is 2. The summed E-state index contributed by atoms with van der Waals surface area (Å²) in [6.45, 7) is 3.59. The van der Waals surface area contributed by atoms with Gasteiger partial charge in [-0.2, -0.15) is 0 Å². The van der Waals surface area contributed by atoms with E-state index in [1.807, 2.05) is 12.1 Å². The van der Waals surface area contributed by atoms with E-state index in [9.17, 15) is 0 Å². The summed E-state index contributed by atoms with van der Waals surface area (Å²) in [5.41, 5.74) is 6.63. The minimum Gasteiger partial charge on any atom is -0.297 e. The van der Waals surface area contributed by atoms with E-state index in [-0.39, 0.29) is 0 Å². The van der Waals surface area contributed by atoms with E-state index in [1.54, 1.807) is 0 Å². The van der Waals surface area contributed by atoms with Crippen molar-refractivity contribution in [3.05, 3.63) is 60.2 Å². The summed E-state index contributed by atoms with van der Waals surface area (Å²) in [5, 5.41) is 0. The van der Waals surface area contributed by atoms with Crippen LogP contribution in [0.3, 0.4) is 0 Å². The van der Waals surface area contributed by atoms with Crippen LogP contribution in [-0.4, -0.2) is 6.54 Å². The second-order valence-corrected chi connectivity index (χ2v) is 4.21. The Bertz CT molecular complexity index is 468. The zero-order valence-electron chi connectivity index (χ0n) is 10.7. The highest BCUT2D eigenvalue weighted by molar-refractivity contribution is 5.66. The van der Waals surface area contributed by atoms with Gasteiger partial charge in [0.15, 0.2) is 0 Å². The maximum Gasteiger partial charge on any atom is 0.0938 e. The van der Waals surface area contributed by atoms with E-state index in [0.29, 0.717) is 6.61 Å². The standard InChI is InChI=1S/C16H19NO/c1-2-12-17-18-13-15-10-6-7-11-16(15)14-8-4-3-5-9-14/h3-11,17H,2,12-13H2,1H3. The number of benzene rings is 2. The van der Waals surface area contributed by atoms with Gasteiger partial charge < -0.3 is 0 Å². The molecule has 2 heteroatoms. The van der Waals surface area contributed by atoms with Gasteiger partial charge in [-0.3, -0.25) is 4.84 Å². The van der Waals surface area contributed by atoms with Crippen molar-refractivity contribution in [1.82, 2.24) is 5.48 Å². The van der Waals surface area contributed by atoms with Crippen molar-refractivity contribution in [3.8, 4) is 11.1 Å². The van der Waals surface area contributed by atoms with Gasteiger partial charge in [-0.1, -0.05) is 61.5 Å². The summed E-state index contributed by atoms with van der Waals surface area (Å²) in [6.07, 6.45) is 1.07. The Morgan fingerprint density at radius 2 is 1.67 bits per heavy atom. The predicted octanol–water partition coefficient (Wildman–Crippen LogP) is 3.78. The smallest absolute Gasteiger partial charge is 0.0938 e. The summed E-state index contributed by atoms with van der Waals surface area (Å²) < 4.78 is 0. The Morgan fingerprint density at radius 1 is 0.944 bits per heavy atom. The molecule has 1 N–H and O–H groups in total. The minimum absolute atomic E-state index is 0.588. The number of hydrogen-bond donors (Lipinski definition) is 1. The summed E-state index contributed by atoms with van der Waals surface area (Å²) in [5.74, 6) is 0. The Balaban J connectivity index is 2.11. The summed E-state index contributed by atoms with van der Waals surface area (Å²) in [7, 11) is 0. The largest absolute Gasteiger partial charge is 0.297 e. The van der Waals surface area contributed by atoms with Crippen molar-refractivity contribution in [2.75, 3.05) is 6.54 Å². The minimum atomic E-state index is 0.588. The lowest BCUT2D eigenvalue weighted by Gasteiger charge is -2.10. The van der Waals surface area contributed by atoms with Gasteiger partial charge in [0.2, 0.25) is 0 Å². The Labute approximate surface area is 109 Å². The molecule has 2 aromatic rings. The Morgan fingerprint density at radius 3 is 2.44 bits per heavy atom. The zero-order chi connectivity index (χ0) is 12.6. The first-order chi connectivity index (χ1) is 8.92. The molecule has 0 bridgehead atoms. The van der Waals surface area contributed by atoms with Gasteiger partial charge in [0.25, 0.3) is 0 Å². The van der Waals surface area contributed by atoms with E-state index in [0.717, 1.165) is 13.0 Å². The summed E-state index contributed by atoms with van der Waals surface area (Å²) in [6, 6.07) is 18.7. The highest BCUT2D eigenvalue weighted by Crippen LogP contribution is 2.23. The highest BCUT2D eigenvalue weighted by Gasteiger charge is 2.03. The van der Waals surface area contributed by atoms with Gasteiger partial charge in [-0.15, -0.1) is 0 Å². The van der Waals surface area contributed by atoms with Gasteiger partial charge in [0.1, 0.15) is 0 Å². The first-order valence-corrected chi connectivity index (χ1v) is 6.40. The van der Waals surface area contributed by atoms with Crippen LogP contribution in [0.1, 0.15) is 18.9 Å². The zero-order valence-corrected chi connectivity index (χ0v) is 10.7. The third-order valence-electron chi connectivity index (χ3n) is 2.78. The molecule has 0 spiro atoms. The number of nitrogens with one attached hydrogen (secondary N) is 1. The fourth-order valence-electron chi connectivity index (χ4n) is 1.85. The van der Waals surface area contributed by atoms with Crippen LogP contribution < -0.4 is 5.48 Å². The fraction of sp³-hybridized carbons (Fsp3) is 0.250. The third kappa shape index (κ3) is 3.42. The molecule has 94 valence electrons. The van der Waals surface area contributed by atoms with Gasteiger partial charge in [-0.25, -0.2) is 5.48 Å². The van der Waals surface area contributed by atoms with Crippen LogP contribution in [0.15, 0.2) is 54.6 Å². The van der Waals surface area contributed by atoms with Crippen molar-refractivity contribution >= 4 is 0 Å². The maximum atomic E-state index is 5.47. The molecule has 0 amide bonds. The molecule has 18 heavy (non-hydrogen) atoms. The molecule has 0 heterocycles. The molecule has 2 rings (SSSR count). The first-order valence-electron chi connectivity index (χ1n) is 6.40. The molecular weight excluding hydrogens is 222 g/mol. The summed E-state index contributed by atoms with van der Waals surface area (Å²) in [4.78, 5) is 5.47. The van der Waals surface area contributed by atoms with Crippen LogP contribution in [0.4, 0.5) is 0 Å². The second-order valence-electron chi connectivity index (χ2n) is 4.21. The molecule has 0 atom stereocenters. The second kappa shape index (κ2) is 6.94. The van der Waals surface area contributed by atoms with Gasteiger partial charge in [0, 0.05) is 6.54 Å². The molecule has 2 aromatic carbocycles. The highest BCUT2D eigenvalue weighted by atomic mass is 16.6. The molecule has 0 saturated carbocycles. The Hall–Kier alpha value is -1.64. The van der Waals surface area contributed by atoms with Crippen molar-refractivity contribution in [2.45, 2.75) is 20.0 Å². The molecule has 0 aliphatic carbocycles. The van der Waals surface area contributed by atoms with Crippen molar-refractivity contribution in [3.63, 3.8) is 0 Å². The quantitative estimate of drug-likeness (QED) is 0.613. The molecule has 0 aromatic heterocycles. The fourth-order valence-corrected chi connectivity index (χ4v) is 1.85. The molecule has 0 fully saturated rings. The normalized spacial score (nSPS) is 10.5. The van der Waals surface area contributed by atoms with Crippen LogP contribution in [0.25, 0.3) is 11.1 Å². The van der Waals surface area contributed by atoms with Crippen LogP contribution in [0.5, 0.6) is 0 Å². The molecule has 2 nitrogen and oxygen atoms in total. The van der Waals surface area contributed by atoms with Gasteiger partial charge in [-0.05, 0) is 23.1 Å². The van der Waals surface area contributed by atoms with E-state index >= 15 is 0 Å². The van der Waals surface area contributed by atoms with Gasteiger partial charge in [0.05, 0.1) is 6.61 Å². The van der Waals surface area contributed by atoms with Gasteiger partial charge >= 0.3 is 0 Å².